The lowest BCUT2D eigenvalue weighted by Gasteiger charge is -2.17. The van der Waals surface area contributed by atoms with Gasteiger partial charge in [0, 0.05) is 25.8 Å². The van der Waals surface area contributed by atoms with Crippen LogP contribution in [0, 0.1) is 11.3 Å². The molecule has 1 aromatic rings. The summed E-state index contributed by atoms with van der Waals surface area (Å²) >= 11 is 0. The summed E-state index contributed by atoms with van der Waals surface area (Å²) in [5.74, 6) is 0. The number of nitrogens with zero attached hydrogens (tertiary/aromatic N) is 2. The average molecular weight is 232 g/mol. The van der Waals surface area contributed by atoms with Crippen molar-refractivity contribution in [3.05, 3.63) is 29.8 Å². The van der Waals surface area contributed by atoms with Gasteiger partial charge in [0.15, 0.2) is 0 Å². The zero-order valence-corrected chi connectivity index (χ0v) is 10.0. The monoisotopic (exact) mass is 232 g/mol. The van der Waals surface area contributed by atoms with Crippen LogP contribution < -0.4 is 10.6 Å². The number of benzene rings is 1. The molecule has 0 fully saturated rings. The van der Waals surface area contributed by atoms with Gasteiger partial charge in [-0.05, 0) is 25.2 Å². The van der Waals surface area contributed by atoms with E-state index in [1.807, 2.05) is 13.1 Å². The molecule has 1 aromatic carbocycles. The Bertz CT molecular complexity index is 425. The summed E-state index contributed by atoms with van der Waals surface area (Å²) in [6, 6.07) is 8.67. The first-order chi connectivity index (χ1) is 8.17. The van der Waals surface area contributed by atoms with Crippen LogP contribution in [0.4, 0.5) is 10.5 Å². The minimum Gasteiger partial charge on any atom is -0.326 e. The molecule has 0 saturated heterocycles. The fraction of sp³-hybridized carbons (Fsp3) is 0.333. The number of carbonyl (C=O) groups excluding carboxylic acids is 1. The smallest absolute Gasteiger partial charge is 0.321 e. The minimum absolute atomic E-state index is 0.185. The molecule has 0 aliphatic carbocycles. The second-order valence-corrected chi connectivity index (χ2v) is 3.65. The molecule has 0 aromatic heterocycles. The number of nitrogens with one attached hydrogen (secondary N) is 2. The molecule has 90 valence electrons. The van der Waals surface area contributed by atoms with Crippen molar-refractivity contribution in [2.24, 2.45) is 0 Å². The summed E-state index contributed by atoms with van der Waals surface area (Å²) in [5.41, 5.74) is 1.16. The van der Waals surface area contributed by atoms with Gasteiger partial charge in [-0.2, -0.15) is 5.26 Å². The standard InChI is InChI=1S/C12H16N4O/c1-14-6-7-16(2)12(17)15-11-5-3-4-10(8-11)9-13/h3-5,8,14H,6-7H2,1-2H3,(H,15,17). The Morgan fingerprint density at radius 1 is 1.53 bits per heavy atom. The Hall–Kier alpha value is -2.06. The maximum Gasteiger partial charge on any atom is 0.321 e. The maximum absolute atomic E-state index is 11.7. The number of hydrogen-bond acceptors (Lipinski definition) is 3. The number of anilines is 1. The Morgan fingerprint density at radius 2 is 2.29 bits per heavy atom. The molecule has 0 heterocycles. The quantitative estimate of drug-likeness (QED) is 0.820. The molecule has 17 heavy (non-hydrogen) atoms. The molecule has 0 aliphatic heterocycles. The third-order valence-electron chi connectivity index (χ3n) is 2.29. The number of rotatable bonds is 4. The van der Waals surface area contributed by atoms with E-state index in [1.54, 1.807) is 36.2 Å². The average Bonchev–Trinajstić information content (AvgIpc) is 2.36. The van der Waals surface area contributed by atoms with Gasteiger partial charge in [-0.15, -0.1) is 0 Å². The van der Waals surface area contributed by atoms with E-state index in [1.165, 1.54) is 0 Å². The Balaban J connectivity index is 2.58. The van der Waals surface area contributed by atoms with E-state index in [2.05, 4.69) is 10.6 Å². The SMILES string of the molecule is CNCCN(C)C(=O)Nc1cccc(C#N)c1. The first-order valence-electron chi connectivity index (χ1n) is 5.34. The van der Waals surface area contributed by atoms with Crippen molar-refractivity contribution in [1.29, 1.82) is 5.26 Å². The number of likely N-dealkylation sites (N-methyl/N-ethyl adjacent to an activating group) is 2. The van der Waals surface area contributed by atoms with Gasteiger partial charge >= 0.3 is 6.03 Å². The summed E-state index contributed by atoms with van der Waals surface area (Å²) in [6.07, 6.45) is 0. The topological polar surface area (TPSA) is 68.2 Å². The van der Waals surface area contributed by atoms with Gasteiger partial charge in [-0.3, -0.25) is 0 Å². The number of amides is 2. The molecule has 0 radical (unpaired) electrons. The van der Waals surface area contributed by atoms with Gasteiger partial charge in [0.1, 0.15) is 0 Å². The van der Waals surface area contributed by atoms with Crippen molar-refractivity contribution in [2.45, 2.75) is 0 Å². The van der Waals surface area contributed by atoms with Crippen molar-refractivity contribution in [1.82, 2.24) is 10.2 Å². The van der Waals surface area contributed by atoms with Gasteiger partial charge in [-0.25, -0.2) is 4.79 Å². The lowest BCUT2D eigenvalue weighted by atomic mass is 10.2. The van der Waals surface area contributed by atoms with Crippen molar-refractivity contribution >= 4 is 11.7 Å². The summed E-state index contributed by atoms with van der Waals surface area (Å²) in [5, 5.41) is 14.4. The third kappa shape index (κ3) is 4.13. The Kier molecular flexibility index (Phi) is 4.98. The summed E-state index contributed by atoms with van der Waals surface area (Å²) in [7, 11) is 3.56. The molecule has 5 nitrogen and oxygen atoms in total. The number of urea groups is 1. The molecule has 2 amide bonds. The van der Waals surface area contributed by atoms with Gasteiger partial charge in [-0.1, -0.05) is 6.07 Å². The molecular weight excluding hydrogens is 216 g/mol. The van der Waals surface area contributed by atoms with Crippen LogP contribution in [0.1, 0.15) is 5.56 Å². The third-order valence-corrected chi connectivity index (χ3v) is 2.29. The Labute approximate surface area is 101 Å². The normalized spacial score (nSPS) is 9.47. The second-order valence-electron chi connectivity index (χ2n) is 3.65. The van der Waals surface area contributed by atoms with E-state index < -0.39 is 0 Å². The van der Waals surface area contributed by atoms with E-state index in [0.29, 0.717) is 17.8 Å². The molecule has 0 aliphatic rings. The highest BCUT2D eigenvalue weighted by Crippen LogP contribution is 2.10. The molecule has 0 atom stereocenters. The van der Waals surface area contributed by atoms with Gasteiger partial charge < -0.3 is 15.5 Å². The van der Waals surface area contributed by atoms with E-state index in [-0.39, 0.29) is 6.03 Å². The number of nitriles is 1. The molecule has 0 unspecified atom stereocenters. The molecule has 2 N–H and O–H groups in total. The van der Waals surface area contributed by atoms with Crippen LogP contribution in [0.15, 0.2) is 24.3 Å². The molecule has 0 bridgehead atoms. The number of carbonyl (C=O) groups is 1. The first-order valence-corrected chi connectivity index (χ1v) is 5.34. The largest absolute Gasteiger partial charge is 0.326 e. The highest BCUT2D eigenvalue weighted by Gasteiger charge is 2.07. The van der Waals surface area contributed by atoms with Crippen LogP contribution in [-0.2, 0) is 0 Å². The van der Waals surface area contributed by atoms with Crippen LogP contribution >= 0.6 is 0 Å². The molecule has 5 heteroatoms. The van der Waals surface area contributed by atoms with Crippen LogP contribution in [0.25, 0.3) is 0 Å². The summed E-state index contributed by atoms with van der Waals surface area (Å²) < 4.78 is 0. The van der Waals surface area contributed by atoms with Gasteiger partial charge in [0.2, 0.25) is 0 Å². The zero-order valence-electron chi connectivity index (χ0n) is 10.0. The van der Waals surface area contributed by atoms with Gasteiger partial charge in [0.05, 0.1) is 11.6 Å². The van der Waals surface area contributed by atoms with E-state index >= 15 is 0 Å². The van der Waals surface area contributed by atoms with Crippen molar-refractivity contribution < 1.29 is 4.79 Å². The molecule has 0 spiro atoms. The van der Waals surface area contributed by atoms with Crippen molar-refractivity contribution in [3.63, 3.8) is 0 Å². The summed E-state index contributed by atoms with van der Waals surface area (Å²) in [4.78, 5) is 13.3. The number of hydrogen-bond donors (Lipinski definition) is 2. The fourth-order valence-electron chi connectivity index (χ4n) is 1.27. The van der Waals surface area contributed by atoms with Crippen LogP contribution in [0.2, 0.25) is 0 Å². The molecule has 0 saturated carbocycles. The van der Waals surface area contributed by atoms with Gasteiger partial charge in [0.25, 0.3) is 0 Å². The zero-order chi connectivity index (χ0) is 12.7. The van der Waals surface area contributed by atoms with Crippen LogP contribution in [0.5, 0.6) is 0 Å². The molecule has 1 rings (SSSR count). The predicted molar refractivity (Wildman–Crippen MR) is 66.7 cm³/mol. The lowest BCUT2D eigenvalue weighted by Crippen LogP contribution is -2.35. The fourth-order valence-corrected chi connectivity index (χ4v) is 1.27. The maximum atomic E-state index is 11.7. The lowest BCUT2D eigenvalue weighted by molar-refractivity contribution is 0.223. The highest BCUT2D eigenvalue weighted by molar-refractivity contribution is 5.89. The van der Waals surface area contributed by atoms with Crippen LogP contribution in [-0.4, -0.2) is 38.1 Å². The Morgan fingerprint density at radius 3 is 2.94 bits per heavy atom. The molecular formula is C12H16N4O. The predicted octanol–water partition coefficient (Wildman–Crippen LogP) is 1.24. The van der Waals surface area contributed by atoms with Crippen molar-refractivity contribution in [2.75, 3.05) is 32.5 Å². The van der Waals surface area contributed by atoms with Crippen molar-refractivity contribution in [3.8, 4) is 6.07 Å². The summed E-state index contributed by atoms with van der Waals surface area (Å²) in [6.45, 7) is 1.36. The first kappa shape index (κ1) is 13.0. The van der Waals surface area contributed by atoms with E-state index in [4.69, 9.17) is 5.26 Å². The van der Waals surface area contributed by atoms with Crippen LogP contribution in [0.3, 0.4) is 0 Å². The second kappa shape index (κ2) is 6.51. The van der Waals surface area contributed by atoms with E-state index in [9.17, 15) is 4.79 Å². The van der Waals surface area contributed by atoms with E-state index in [0.717, 1.165) is 6.54 Å². The minimum atomic E-state index is -0.185. The highest BCUT2D eigenvalue weighted by atomic mass is 16.2.